The van der Waals surface area contributed by atoms with Crippen LogP contribution in [0.1, 0.15) is 25.8 Å². The molecule has 0 bridgehead atoms. The molecule has 0 aliphatic carbocycles. The van der Waals surface area contributed by atoms with Gasteiger partial charge in [0.25, 0.3) is 5.92 Å². The fourth-order valence-electron chi connectivity index (χ4n) is 2.26. The number of anilines is 1. The molecule has 1 aromatic rings. The van der Waals surface area contributed by atoms with Crippen LogP contribution < -0.4 is 10.2 Å². The van der Waals surface area contributed by atoms with Crippen molar-refractivity contribution in [3.63, 3.8) is 0 Å². The average molecular weight is 315 g/mol. The van der Waals surface area contributed by atoms with Gasteiger partial charge in [0.15, 0.2) is 0 Å². The van der Waals surface area contributed by atoms with Crippen molar-refractivity contribution < 1.29 is 13.5 Å². The van der Waals surface area contributed by atoms with Gasteiger partial charge in [-0.05, 0) is 18.1 Å². The number of alkyl halides is 2. The van der Waals surface area contributed by atoms with E-state index in [1.807, 2.05) is 26.0 Å². The maximum absolute atomic E-state index is 13.3. The van der Waals surface area contributed by atoms with E-state index in [4.69, 9.17) is 0 Å². The molecule has 22 heavy (non-hydrogen) atoms. The molecule has 1 fully saturated rings. The molecule has 1 aromatic heterocycles. The van der Waals surface area contributed by atoms with Crippen LogP contribution in [0.2, 0.25) is 0 Å². The summed E-state index contributed by atoms with van der Waals surface area (Å²) in [5.41, 5.74) is 0.833. The third-order valence-electron chi connectivity index (χ3n) is 3.39. The van der Waals surface area contributed by atoms with Crippen LogP contribution in [0.4, 0.5) is 14.6 Å². The molecule has 4 nitrogen and oxygen atoms in total. The number of pyridine rings is 1. The zero-order valence-electron chi connectivity index (χ0n) is 13.7. The first-order valence-corrected chi connectivity index (χ1v) is 7.88. The second-order valence-electron chi connectivity index (χ2n) is 5.05. The Hall–Kier alpha value is -1.27. The Morgan fingerprint density at radius 1 is 1.27 bits per heavy atom. The van der Waals surface area contributed by atoms with Crippen LogP contribution in [-0.2, 0) is 11.2 Å². The molecule has 0 amide bonds. The molecule has 0 aromatic carbocycles. The minimum absolute atomic E-state index is 0.213. The third-order valence-corrected chi connectivity index (χ3v) is 3.39. The summed E-state index contributed by atoms with van der Waals surface area (Å²) in [6, 6.07) is 3.79. The molecule has 0 radical (unpaired) electrons. The van der Waals surface area contributed by atoms with Crippen LogP contribution in [0.3, 0.4) is 0 Å². The molecule has 6 heteroatoms. The SMILES string of the molecule is CC.COCC(F)(F)CCc1ccc(N2CCNCC2)nc1. The van der Waals surface area contributed by atoms with Crippen molar-refractivity contribution in [2.24, 2.45) is 0 Å². The average Bonchev–Trinajstić information content (AvgIpc) is 2.56. The van der Waals surface area contributed by atoms with Gasteiger partial charge in [-0.2, -0.15) is 0 Å². The van der Waals surface area contributed by atoms with Gasteiger partial charge in [0.1, 0.15) is 12.4 Å². The fraction of sp³-hybridized carbons (Fsp3) is 0.688. The summed E-state index contributed by atoms with van der Waals surface area (Å²) in [5.74, 6) is -1.86. The van der Waals surface area contributed by atoms with E-state index >= 15 is 0 Å². The zero-order chi connectivity index (χ0) is 16.4. The van der Waals surface area contributed by atoms with Gasteiger partial charge in [-0.25, -0.2) is 13.8 Å². The number of piperazine rings is 1. The first-order chi connectivity index (χ1) is 10.6. The minimum Gasteiger partial charge on any atom is -0.378 e. The van der Waals surface area contributed by atoms with E-state index in [1.54, 1.807) is 6.20 Å². The molecule has 0 atom stereocenters. The number of methoxy groups -OCH3 is 1. The van der Waals surface area contributed by atoms with Gasteiger partial charge in [0.05, 0.1) is 0 Å². The Bertz CT molecular complexity index is 406. The number of aryl methyl sites for hydroxylation is 1. The van der Waals surface area contributed by atoms with Crippen LogP contribution in [0.15, 0.2) is 18.3 Å². The molecular formula is C16H27F2N3O. The molecular weight excluding hydrogens is 288 g/mol. The molecule has 0 saturated carbocycles. The molecule has 2 rings (SSSR count). The number of halogens is 2. The summed E-state index contributed by atoms with van der Waals surface area (Å²) in [7, 11) is 1.29. The van der Waals surface area contributed by atoms with E-state index in [-0.39, 0.29) is 6.42 Å². The van der Waals surface area contributed by atoms with Crippen LogP contribution in [0, 0.1) is 0 Å². The second-order valence-corrected chi connectivity index (χ2v) is 5.05. The largest absolute Gasteiger partial charge is 0.378 e. The number of rotatable bonds is 6. The Kier molecular flexibility index (Phi) is 8.27. The standard InChI is InChI=1S/C14H21F2N3O.C2H6/c1-20-11-14(15,16)5-4-12-2-3-13(18-10-12)19-8-6-17-7-9-19;1-2/h2-3,10,17H,4-9,11H2,1H3;1-2H3. The van der Waals surface area contributed by atoms with E-state index in [1.165, 1.54) is 7.11 Å². The number of aromatic nitrogens is 1. The molecule has 1 N–H and O–H groups in total. The Balaban J connectivity index is 0.00000116. The summed E-state index contributed by atoms with van der Waals surface area (Å²) in [6.07, 6.45) is 1.79. The van der Waals surface area contributed by atoms with Crippen LogP contribution in [-0.4, -0.2) is 50.8 Å². The Labute approximate surface area is 131 Å². The highest BCUT2D eigenvalue weighted by molar-refractivity contribution is 5.39. The molecule has 126 valence electrons. The van der Waals surface area contributed by atoms with Crippen molar-refractivity contribution in [1.29, 1.82) is 0 Å². The number of ether oxygens (including phenoxy) is 1. The van der Waals surface area contributed by atoms with Crippen LogP contribution in [0.25, 0.3) is 0 Å². The fourth-order valence-corrected chi connectivity index (χ4v) is 2.26. The van der Waals surface area contributed by atoms with E-state index in [0.29, 0.717) is 6.42 Å². The molecule has 2 heterocycles. The molecule has 0 unspecified atom stereocenters. The lowest BCUT2D eigenvalue weighted by atomic mass is 10.1. The number of nitrogens with one attached hydrogen (secondary N) is 1. The first-order valence-electron chi connectivity index (χ1n) is 7.88. The topological polar surface area (TPSA) is 37.4 Å². The van der Waals surface area contributed by atoms with Crippen LogP contribution >= 0.6 is 0 Å². The van der Waals surface area contributed by atoms with E-state index in [0.717, 1.165) is 37.6 Å². The normalized spacial score (nSPS) is 15.2. The Morgan fingerprint density at radius 3 is 2.50 bits per heavy atom. The summed E-state index contributed by atoms with van der Waals surface area (Å²) in [4.78, 5) is 6.57. The van der Waals surface area contributed by atoms with Gasteiger partial charge in [-0.15, -0.1) is 0 Å². The van der Waals surface area contributed by atoms with Crippen molar-refractivity contribution in [3.05, 3.63) is 23.9 Å². The van der Waals surface area contributed by atoms with Crippen molar-refractivity contribution in [3.8, 4) is 0 Å². The molecule has 0 spiro atoms. The highest BCUT2D eigenvalue weighted by Crippen LogP contribution is 2.21. The Morgan fingerprint density at radius 2 is 1.95 bits per heavy atom. The smallest absolute Gasteiger partial charge is 0.271 e. The van der Waals surface area contributed by atoms with Gasteiger partial charge in [-0.1, -0.05) is 19.9 Å². The van der Waals surface area contributed by atoms with Crippen molar-refractivity contribution in [2.45, 2.75) is 32.6 Å². The van der Waals surface area contributed by atoms with E-state index in [9.17, 15) is 8.78 Å². The van der Waals surface area contributed by atoms with Crippen LogP contribution in [0.5, 0.6) is 0 Å². The van der Waals surface area contributed by atoms with Crippen molar-refractivity contribution in [1.82, 2.24) is 10.3 Å². The quantitative estimate of drug-likeness (QED) is 0.876. The highest BCUT2D eigenvalue weighted by atomic mass is 19.3. The van der Waals surface area contributed by atoms with Crippen molar-refractivity contribution in [2.75, 3.05) is 44.8 Å². The predicted molar refractivity (Wildman–Crippen MR) is 85.8 cm³/mol. The van der Waals surface area contributed by atoms with Crippen molar-refractivity contribution >= 4 is 5.82 Å². The lowest BCUT2D eigenvalue weighted by molar-refractivity contribution is -0.0694. The maximum atomic E-state index is 13.3. The molecule has 1 saturated heterocycles. The first kappa shape index (κ1) is 18.8. The summed E-state index contributed by atoms with van der Waals surface area (Å²) < 4.78 is 31.2. The minimum atomic E-state index is -2.77. The third kappa shape index (κ3) is 6.23. The monoisotopic (exact) mass is 315 g/mol. The number of hydrogen-bond donors (Lipinski definition) is 1. The zero-order valence-corrected chi connectivity index (χ0v) is 13.7. The van der Waals surface area contributed by atoms with Gasteiger partial charge >= 0.3 is 0 Å². The number of nitrogens with zero attached hydrogens (tertiary/aromatic N) is 2. The lowest BCUT2D eigenvalue weighted by Crippen LogP contribution is -2.43. The summed E-state index contributed by atoms with van der Waals surface area (Å²) in [6.45, 7) is 7.23. The molecule has 1 aliphatic rings. The van der Waals surface area contributed by atoms with Gasteiger partial charge in [0.2, 0.25) is 0 Å². The van der Waals surface area contributed by atoms with Gasteiger partial charge in [0, 0.05) is 45.9 Å². The van der Waals surface area contributed by atoms with E-state index < -0.39 is 12.5 Å². The second kappa shape index (κ2) is 9.69. The van der Waals surface area contributed by atoms with Gasteiger partial charge < -0.3 is 15.0 Å². The van der Waals surface area contributed by atoms with Gasteiger partial charge in [-0.3, -0.25) is 0 Å². The maximum Gasteiger partial charge on any atom is 0.271 e. The lowest BCUT2D eigenvalue weighted by Gasteiger charge is -2.28. The van der Waals surface area contributed by atoms with E-state index in [2.05, 4.69) is 19.9 Å². The highest BCUT2D eigenvalue weighted by Gasteiger charge is 2.28. The predicted octanol–water partition coefficient (Wildman–Crippen LogP) is 2.73. The summed E-state index contributed by atoms with van der Waals surface area (Å²) in [5, 5.41) is 3.28. The number of hydrogen-bond acceptors (Lipinski definition) is 4. The summed E-state index contributed by atoms with van der Waals surface area (Å²) >= 11 is 0. The molecule has 1 aliphatic heterocycles.